The maximum absolute atomic E-state index is 12.0. The van der Waals surface area contributed by atoms with Crippen molar-refractivity contribution in [1.82, 2.24) is 4.90 Å². The van der Waals surface area contributed by atoms with Gasteiger partial charge < -0.3 is 14.7 Å². The first kappa shape index (κ1) is 14.0. The van der Waals surface area contributed by atoms with Crippen LogP contribution in [0.4, 0.5) is 4.79 Å². The Morgan fingerprint density at radius 2 is 2.24 bits per heavy atom. The summed E-state index contributed by atoms with van der Waals surface area (Å²) in [6.45, 7) is 8.36. The average Bonchev–Trinajstić information content (AvgIpc) is 2.58. The molecular formula is C13H23NO3. The van der Waals surface area contributed by atoms with Gasteiger partial charge in [-0.1, -0.05) is 13.0 Å². The van der Waals surface area contributed by atoms with E-state index in [4.69, 9.17) is 9.84 Å². The van der Waals surface area contributed by atoms with Crippen molar-refractivity contribution in [2.75, 3.05) is 13.2 Å². The molecule has 1 unspecified atom stereocenters. The Hall–Kier alpha value is -1.03. The molecule has 0 aromatic heterocycles. The number of nitrogens with zero attached hydrogens (tertiary/aromatic N) is 1. The Kier molecular flexibility index (Phi) is 4.57. The zero-order valence-electron chi connectivity index (χ0n) is 11.2. The van der Waals surface area contributed by atoms with Crippen LogP contribution < -0.4 is 0 Å². The number of aliphatic hydroxyl groups excluding tert-OH is 1. The van der Waals surface area contributed by atoms with Crippen molar-refractivity contribution in [3.63, 3.8) is 0 Å². The van der Waals surface area contributed by atoms with Gasteiger partial charge in [0.2, 0.25) is 0 Å². The molecule has 0 radical (unpaired) electrons. The van der Waals surface area contributed by atoms with Gasteiger partial charge in [-0.2, -0.15) is 0 Å². The molecule has 0 spiro atoms. The van der Waals surface area contributed by atoms with Crippen LogP contribution in [0.1, 0.15) is 40.5 Å². The van der Waals surface area contributed by atoms with Crippen LogP contribution in [-0.4, -0.2) is 40.9 Å². The molecule has 1 amide bonds. The molecule has 4 nitrogen and oxygen atoms in total. The highest BCUT2D eigenvalue weighted by Gasteiger charge is 2.33. The molecule has 0 aliphatic carbocycles. The highest BCUT2D eigenvalue weighted by atomic mass is 16.6. The lowest BCUT2D eigenvalue weighted by atomic mass is 10.1. The largest absolute Gasteiger partial charge is 0.444 e. The Balaban J connectivity index is 2.72. The fraction of sp³-hybridized carbons (Fsp3) is 0.769. The molecule has 1 atom stereocenters. The fourth-order valence-electron chi connectivity index (χ4n) is 2.15. The van der Waals surface area contributed by atoms with Gasteiger partial charge in [-0.3, -0.25) is 0 Å². The molecular weight excluding hydrogens is 218 g/mol. The molecule has 1 heterocycles. The van der Waals surface area contributed by atoms with Crippen LogP contribution in [-0.2, 0) is 4.74 Å². The van der Waals surface area contributed by atoms with Crippen molar-refractivity contribution >= 4 is 6.09 Å². The molecule has 98 valence electrons. The van der Waals surface area contributed by atoms with Crippen molar-refractivity contribution in [2.45, 2.75) is 52.2 Å². The summed E-state index contributed by atoms with van der Waals surface area (Å²) in [5.41, 5.74) is 0.680. The first-order valence-electron chi connectivity index (χ1n) is 6.18. The molecule has 4 heteroatoms. The van der Waals surface area contributed by atoms with E-state index in [-0.39, 0.29) is 18.7 Å². The molecule has 1 N–H and O–H groups in total. The number of ether oxygens (including phenoxy) is 1. The molecule has 1 fully saturated rings. The van der Waals surface area contributed by atoms with E-state index >= 15 is 0 Å². The Bertz CT molecular complexity index is 304. The number of rotatable bonds is 2. The van der Waals surface area contributed by atoms with Crippen molar-refractivity contribution in [3.8, 4) is 0 Å². The van der Waals surface area contributed by atoms with E-state index in [2.05, 4.69) is 0 Å². The van der Waals surface area contributed by atoms with Crippen LogP contribution in [0.15, 0.2) is 11.6 Å². The normalized spacial score (nSPS) is 23.2. The summed E-state index contributed by atoms with van der Waals surface area (Å²) in [5.74, 6) is 0. The molecule has 17 heavy (non-hydrogen) atoms. The second-order valence-electron chi connectivity index (χ2n) is 5.31. The average molecular weight is 241 g/mol. The minimum atomic E-state index is -0.460. The number of hydrogen-bond donors (Lipinski definition) is 1. The van der Waals surface area contributed by atoms with Crippen LogP contribution >= 0.6 is 0 Å². The molecule has 1 aliphatic heterocycles. The summed E-state index contributed by atoms with van der Waals surface area (Å²) >= 11 is 0. The molecule has 1 saturated heterocycles. The van der Waals surface area contributed by atoms with Gasteiger partial charge in [0.1, 0.15) is 5.60 Å². The van der Waals surface area contributed by atoms with Crippen LogP contribution in [0.5, 0.6) is 0 Å². The van der Waals surface area contributed by atoms with Crippen LogP contribution in [0.2, 0.25) is 0 Å². The van der Waals surface area contributed by atoms with Gasteiger partial charge in [0.05, 0.1) is 12.6 Å². The van der Waals surface area contributed by atoms with E-state index in [1.165, 1.54) is 0 Å². The molecule has 1 rings (SSSR count). The van der Waals surface area contributed by atoms with Gasteiger partial charge in [-0.15, -0.1) is 0 Å². The van der Waals surface area contributed by atoms with Gasteiger partial charge in [0.25, 0.3) is 0 Å². The van der Waals surface area contributed by atoms with Crippen LogP contribution in [0.25, 0.3) is 0 Å². The number of hydrogen-bond acceptors (Lipinski definition) is 3. The van der Waals surface area contributed by atoms with Gasteiger partial charge in [-0.05, 0) is 39.2 Å². The predicted octanol–water partition coefficient (Wildman–Crippen LogP) is 2.32. The summed E-state index contributed by atoms with van der Waals surface area (Å²) in [6, 6.07) is 0.0806. The number of carbonyl (C=O) groups excluding carboxylic acids is 1. The lowest BCUT2D eigenvalue weighted by molar-refractivity contribution is 0.0235. The number of carbonyl (C=O) groups is 1. The summed E-state index contributed by atoms with van der Waals surface area (Å²) in [5, 5.41) is 8.94. The monoisotopic (exact) mass is 241 g/mol. The van der Waals surface area contributed by atoms with Crippen LogP contribution in [0, 0.1) is 0 Å². The molecule has 0 bridgehead atoms. The molecule has 1 aliphatic rings. The molecule has 0 saturated carbocycles. The third kappa shape index (κ3) is 3.73. The number of amides is 1. The SMILES string of the molecule is CCC1/C(=C/CO)CCN1C(=O)OC(C)(C)C. The maximum Gasteiger partial charge on any atom is 0.410 e. The van der Waals surface area contributed by atoms with E-state index in [1.807, 2.05) is 27.7 Å². The Morgan fingerprint density at radius 3 is 2.71 bits per heavy atom. The summed E-state index contributed by atoms with van der Waals surface area (Å²) in [7, 11) is 0. The highest BCUT2D eigenvalue weighted by Crippen LogP contribution is 2.27. The second-order valence-corrected chi connectivity index (χ2v) is 5.31. The quantitative estimate of drug-likeness (QED) is 0.755. The van der Waals surface area contributed by atoms with E-state index in [0.717, 1.165) is 18.4 Å². The van der Waals surface area contributed by atoms with Crippen molar-refractivity contribution < 1.29 is 14.6 Å². The second kappa shape index (κ2) is 5.54. The lowest BCUT2D eigenvalue weighted by Gasteiger charge is -2.28. The predicted molar refractivity (Wildman–Crippen MR) is 66.8 cm³/mol. The summed E-state index contributed by atoms with van der Waals surface area (Å²) < 4.78 is 5.38. The standard InChI is InChI=1S/C13H23NO3/c1-5-11-10(7-9-15)6-8-14(11)12(16)17-13(2,3)4/h7,11,15H,5-6,8-9H2,1-4H3/b10-7+. The van der Waals surface area contributed by atoms with Crippen LogP contribution in [0.3, 0.4) is 0 Å². The zero-order valence-corrected chi connectivity index (χ0v) is 11.2. The van der Waals surface area contributed by atoms with Crippen molar-refractivity contribution in [2.24, 2.45) is 0 Å². The fourth-order valence-corrected chi connectivity index (χ4v) is 2.15. The lowest BCUT2D eigenvalue weighted by Crippen LogP contribution is -2.39. The molecule has 0 aromatic rings. The highest BCUT2D eigenvalue weighted by molar-refractivity contribution is 5.70. The van der Waals surface area contributed by atoms with E-state index in [9.17, 15) is 4.79 Å². The van der Waals surface area contributed by atoms with E-state index < -0.39 is 5.60 Å². The summed E-state index contributed by atoms with van der Waals surface area (Å²) in [4.78, 5) is 13.8. The van der Waals surface area contributed by atoms with Gasteiger partial charge in [0.15, 0.2) is 0 Å². The molecule has 0 aromatic carbocycles. The first-order chi connectivity index (χ1) is 7.89. The Morgan fingerprint density at radius 1 is 1.59 bits per heavy atom. The number of likely N-dealkylation sites (tertiary alicyclic amines) is 1. The Labute approximate surface area is 103 Å². The maximum atomic E-state index is 12.0. The van der Waals surface area contributed by atoms with Gasteiger partial charge in [-0.25, -0.2) is 4.79 Å². The summed E-state index contributed by atoms with van der Waals surface area (Å²) in [6.07, 6.45) is 3.23. The smallest absolute Gasteiger partial charge is 0.410 e. The minimum absolute atomic E-state index is 0.0357. The van der Waals surface area contributed by atoms with E-state index in [1.54, 1.807) is 11.0 Å². The topological polar surface area (TPSA) is 49.8 Å². The van der Waals surface area contributed by atoms with E-state index in [0.29, 0.717) is 6.54 Å². The third-order valence-electron chi connectivity index (χ3n) is 2.81. The minimum Gasteiger partial charge on any atom is -0.444 e. The number of aliphatic hydroxyl groups is 1. The van der Waals surface area contributed by atoms with Crippen molar-refractivity contribution in [3.05, 3.63) is 11.6 Å². The van der Waals surface area contributed by atoms with Gasteiger partial charge in [0, 0.05) is 6.54 Å². The first-order valence-corrected chi connectivity index (χ1v) is 6.18. The van der Waals surface area contributed by atoms with Crippen molar-refractivity contribution in [1.29, 1.82) is 0 Å². The third-order valence-corrected chi connectivity index (χ3v) is 2.81. The zero-order chi connectivity index (χ0) is 13.1. The van der Waals surface area contributed by atoms with Gasteiger partial charge >= 0.3 is 6.09 Å².